The first-order valence-corrected chi connectivity index (χ1v) is 9.83. The number of sulfonamides is 1. The van der Waals surface area contributed by atoms with E-state index in [-0.39, 0.29) is 29.4 Å². The molecule has 0 bridgehead atoms. The van der Waals surface area contributed by atoms with Gasteiger partial charge in [0, 0.05) is 13.1 Å². The average molecular weight is 338 g/mol. The van der Waals surface area contributed by atoms with E-state index in [1.165, 1.54) is 0 Å². The number of rotatable bonds is 5. The van der Waals surface area contributed by atoms with Crippen molar-refractivity contribution in [1.82, 2.24) is 4.90 Å². The van der Waals surface area contributed by atoms with Crippen LogP contribution in [0.3, 0.4) is 0 Å². The molecule has 0 radical (unpaired) electrons. The van der Waals surface area contributed by atoms with Gasteiger partial charge < -0.3 is 4.90 Å². The maximum atomic E-state index is 13.0. The van der Waals surface area contributed by atoms with Gasteiger partial charge in [0.15, 0.2) is 0 Å². The Kier molecular flexibility index (Phi) is 5.81. The summed E-state index contributed by atoms with van der Waals surface area (Å²) < 4.78 is 22.6. The smallest absolute Gasteiger partial charge is 0.230 e. The molecule has 1 heterocycles. The summed E-state index contributed by atoms with van der Waals surface area (Å²) in [5.41, 5.74) is 1.01. The van der Waals surface area contributed by atoms with Gasteiger partial charge in [0.25, 0.3) is 0 Å². The van der Waals surface area contributed by atoms with Crippen LogP contribution in [0.1, 0.15) is 38.2 Å². The van der Waals surface area contributed by atoms with Crippen molar-refractivity contribution in [3.8, 4) is 0 Å². The quantitative estimate of drug-likeness (QED) is 0.891. The van der Waals surface area contributed by atoms with E-state index < -0.39 is 10.0 Å². The molecule has 2 atom stereocenters. The predicted molar refractivity (Wildman–Crippen MR) is 91.3 cm³/mol. The third-order valence-electron chi connectivity index (χ3n) is 4.39. The van der Waals surface area contributed by atoms with Crippen molar-refractivity contribution < 1.29 is 13.2 Å². The first-order chi connectivity index (χ1) is 10.8. The second kappa shape index (κ2) is 7.45. The highest BCUT2D eigenvalue weighted by Gasteiger charge is 2.32. The summed E-state index contributed by atoms with van der Waals surface area (Å²) >= 11 is 0. The number of benzene rings is 1. The van der Waals surface area contributed by atoms with Gasteiger partial charge in [-0.1, -0.05) is 44.2 Å². The second-order valence-electron chi connectivity index (χ2n) is 6.75. The Balaban J connectivity index is 2.13. The molecule has 5 nitrogen and oxygen atoms in total. The van der Waals surface area contributed by atoms with E-state index in [1.807, 2.05) is 49.1 Å². The van der Waals surface area contributed by atoms with Crippen molar-refractivity contribution in [2.24, 2.45) is 17.0 Å². The number of carbonyl (C=O) groups excluding carboxylic acids is 1. The molecule has 0 aromatic heterocycles. The lowest BCUT2D eigenvalue weighted by Crippen LogP contribution is -2.45. The Hall–Kier alpha value is -1.40. The highest BCUT2D eigenvalue weighted by molar-refractivity contribution is 7.89. The van der Waals surface area contributed by atoms with Crippen LogP contribution in [0.15, 0.2) is 30.3 Å². The normalized spacial score (nSPS) is 20.5. The molecular formula is C17H26N2O3S. The first-order valence-electron chi connectivity index (χ1n) is 8.12. The Morgan fingerprint density at radius 3 is 2.52 bits per heavy atom. The van der Waals surface area contributed by atoms with Crippen LogP contribution in [0.5, 0.6) is 0 Å². The zero-order valence-corrected chi connectivity index (χ0v) is 14.6. The van der Waals surface area contributed by atoms with Gasteiger partial charge in [0.2, 0.25) is 15.9 Å². The lowest BCUT2D eigenvalue weighted by Gasteiger charge is -2.35. The summed E-state index contributed by atoms with van der Waals surface area (Å²) in [5, 5.41) is 5.16. The van der Waals surface area contributed by atoms with Crippen LogP contribution in [-0.4, -0.2) is 38.1 Å². The van der Waals surface area contributed by atoms with Gasteiger partial charge in [0.1, 0.15) is 0 Å². The molecule has 1 aliphatic heterocycles. The van der Waals surface area contributed by atoms with E-state index in [9.17, 15) is 13.2 Å². The van der Waals surface area contributed by atoms with Gasteiger partial charge in [0.05, 0.1) is 11.7 Å². The minimum atomic E-state index is -3.50. The molecule has 1 fully saturated rings. The van der Waals surface area contributed by atoms with Crippen LogP contribution in [0.25, 0.3) is 0 Å². The summed E-state index contributed by atoms with van der Waals surface area (Å²) in [6.45, 7) is 5.25. The lowest BCUT2D eigenvalue weighted by molar-refractivity contribution is -0.135. The fourth-order valence-electron chi connectivity index (χ4n) is 3.40. The maximum absolute atomic E-state index is 13.0. The van der Waals surface area contributed by atoms with E-state index in [1.54, 1.807) is 0 Å². The van der Waals surface area contributed by atoms with Crippen molar-refractivity contribution in [3.05, 3.63) is 35.9 Å². The van der Waals surface area contributed by atoms with Gasteiger partial charge in [-0.05, 0) is 30.2 Å². The fraction of sp³-hybridized carbons (Fsp3) is 0.588. The maximum Gasteiger partial charge on any atom is 0.230 e. The van der Waals surface area contributed by atoms with Gasteiger partial charge in [-0.3, -0.25) is 4.79 Å². The molecule has 2 unspecified atom stereocenters. The molecule has 6 heteroatoms. The van der Waals surface area contributed by atoms with E-state index in [0.29, 0.717) is 13.1 Å². The summed E-state index contributed by atoms with van der Waals surface area (Å²) in [7, 11) is -3.50. The number of piperidine rings is 1. The van der Waals surface area contributed by atoms with Crippen LogP contribution < -0.4 is 5.14 Å². The number of amides is 1. The molecule has 128 valence electrons. The molecule has 0 spiro atoms. The SMILES string of the molecule is CC(C)C(C(=O)N1CCCC(CS(N)(=O)=O)C1)c1ccccc1. The zero-order chi connectivity index (χ0) is 17.0. The van der Waals surface area contributed by atoms with Crippen LogP contribution in [0.4, 0.5) is 0 Å². The van der Waals surface area contributed by atoms with E-state index in [0.717, 1.165) is 18.4 Å². The second-order valence-corrected chi connectivity index (χ2v) is 8.41. The standard InChI is InChI=1S/C17H26N2O3S/c1-13(2)16(15-8-4-3-5-9-15)17(20)19-10-6-7-14(11-19)12-23(18,21)22/h3-5,8-9,13-14,16H,6-7,10-12H2,1-2H3,(H2,18,21,22). The number of nitrogens with two attached hydrogens (primary N) is 1. The number of nitrogens with zero attached hydrogens (tertiary/aromatic N) is 1. The average Bonchev–Trinajstić information content (AvgIpc) is 2.46. The fourth-order valence-corrected chi connectivity index (χ4v) is 4.33. The number of hydrogen-bond donors (Lipinski definition) is 1. The van der Waals surface area contributed by atoms with Crippen molar-refractivity contribution in [1.29, 1.82) is 0 Å². The van der Waals surface area contributed by atoms with Crippen LogP contribution >= 0.6 is 0 Å². The highest BCUT2D eigenvalue weighted by atomic mass is 32.2. The number of carbonyl (C=O) groups is 1. The molecule has 1 amide bonds. The molecule has 23 heavy (non-hydrogen) atoms. The first kappa shape index (κ1) is 17.9. The summed E-state index contributed by atoms with van der Waals surface area (Å²) in [6, 6.07) is 9.78. The number of primary sulfonamides is 1. The van der Waals surface area contributed by atoms with Gasteiger partial charge in [-0.15, -0.1) is 0 Å². The Morgan fingerprint density at radius 1 is 1.30 bits per heavy atom. The Labute approximate surface area is 138 Å². The molecule has 0 aliphatic carbocycles. The van der Waals surface area contributed by atoms with E-state index in [4.69, 9.17) is 5.14 Å². The molecule has 1 aromatic carbocycles. The van der Waals surface area contributed by atoms with Gasteiger partial charge in [-0.25, -0.2) is 13.6 Å². The molecule has 1 aliphatic rings. The summed E-state index contributed by atoms with van der Waals surface area (Å²) in [5.74, 6) is -0.0291. The van der Waals surface area contributed by atoms with Gasteiger partial charge in [-0.2, -0.15) is 0 Å². The van der Waals surface area contributed by atoms with Crippen molar-refractivity contribution >= 4 is 15.9 Å². The van der Waals surface area contributed by atoms with Crippen molar-refractivity contribution in [2.45, 2.75) is 32.6 Å². The lowest BCUT2D eigenvalue weighted by atomic mass is 9.86. The van der Waals surface area contributed by atoms with Gasteiger partial charge >= 0.3 is 0 Å². The third-order valence-corrected chi connectivity index (χ3v) is 5.33. The molecule has 2 N–H and O–H groups in total. The molecule has 2 rings (SSSR count). The summed E-state index contributed by atoms with van der Waals surface area (Å²) in [6.07, 6.45) is 1.63. The molecular weight excluding hydrogens is 312 g/mol. The zero-order valence-electron chi connectivity index (χ0n) is 13.8. The van der Waals surface area contributed by atoms with Crippen molar-refractivity contribution in [3.63, 3.8) is 0 Å². The highest BCUT2D eigenvalue weighted by Crippen LogP contribution is 2.29. The minimum absolute atomic E-state index is 0.0472. The van der Waals surface area contributed by atoms with Crippen LogP contribution in [0, 0.1) is 11.8 Å². The number of hydrogen-bond acceptors (Lipinski definition) is 3. The van der Waals surface area contributed by atoms with Crippen LogP contribution in [-0.2, 0) is 14.8 Å². The summed E-state index contributed by atoms with van der Waals surface area (Å²) in [4.78, 5) is 14.8. The minimum Gasteiger partial charge on any atom is -0.342 e. The molecule has 0 saturated carbocycles. The number of likely N-dealkylation sites (tertiary alicyclic amines) is 1. The van der Waals surface area contributed by atoms with E-state index >= 15 is 0 Å². The largest absolute Gasteiger partial charge is 0.342 e. The predicted octanol–water partition coefficient (Wildman–Crippen LogP) is 1.95. The topological polar surface area (TPSA) is 80.5 Å². The molecule has 1 aromatic rings. The third kappa shape index (κ3) is 5.04. The Morgan fingerprint density at radius 2 is 1.96 bits per heavy atom. The molecule has 1 saturated heterocycles. The Bertz CT molecular complexity index is 628. The van der Waals surface area contributed by atoms with Crippen LogP contribution in [0.2, 0.25) is 0 Å². The monoisotopic (exact) mass is 338 g/mol. The van der Waals surface area contributed by atoms with E-state index in [2.05, 4.69) is 0 Å². The van der Waals surface area contributed by atoms with Crippen molar-refractivity contribution in [2.75, 3.05) is 18.8 Å².